The number of phenols is 1. The molecule has 2 aromatic carbocycles. The molecular weight excluding hydrogens is 442 g/mol. The Hall–Kier alpha value is -2.06. The number of aromatic hydroxyl groups is 1. The lowest BCUT2D eigenvalue weighted by atomic mass is 10.2. The quantitative estimate of drug-likeness (QED) is 0.459. The molecule has 0 bridgehead atoms. The zero-order valence-electron chi connectivity index (χ0n) is 12.7. The van der Waals surface area contributed by atoms with Crippen LogP contribution in [0.2, 0.25) is 0 Å². The molecule has 0 heterocycles. The molecule has 126 valence electrons. The molecule has 0 aliphatic carbocycles. The largest absolute Gasteiger partial charge is 0.506 e. The fourth-order valence-electron chi connectivity index (χ4n) is 1.79. The Morgan fingerprint density at radius 2 is 2.00 bits per heavy atom. The molecule has 0 aliphatic heterocycles. The number of phenolic OH excluding ortho intramolecular Hbond substituents is 1. The molecule has 0 aromatic heterocycles. The van der Waals surface area contributed by atoms with E-state index in [2.05, 4.69) is 47.7 Å². The third kappa shape index (κ3) is 5.24. The second kappa shape index (κ2) is 8.70. The lowest BCUT2D eigenvalue weighted by Crippen LogP contribution is -2.25. The first-order valence-corrected chi connectivity index (χ1v) is 8.46. The Morgan fingerprint density at radius 1 is 1.29 bits per heavy atom. The maximum absolute atomic E-state index is 11.8. The molecule has 3 N–H and O–H groups in total. The van der Waals surface area contributed by atoms with E-state index < -0.39 is 0 Å². The molecule has 0 saturated carbocycles. The molecule has 0 radical (unpaired) electrons. The standard InChI is InChI=1S/C16H15Br2N3O3/c1-24-13-4-2-12(3-5-13)19-9-15(22)21-20-8-10-6-11(17)7-14(18)16(10)23/h2-8,19,23H,9H2,1H3,(H,21,22)/b20-8+. The zero-order chi connectivity index (χ0) is 17.5. The first-order chi connectivity index (χ1) is 11.5. The molecule has 8 heteroatoms. The summed E-state index contributed by atoms with van der Waals surface area (Å²) in [6.07, 6.45) is 1.37. The number of hydrogen-bond acceptors (Lipinski definition) is 5. The molecule has 0 fully saturated rings. The van der Waals surface area contributed by atoms with E-state index >= 15 is 0 Å². The molecule has 2 aromatic rings. The molecule has 6 nitrogen and oxygen atoms in total. The maximum Gasteiger partial charge on any atom is 0.259 e. The summed E-state index contributed by atoms with van der Waals surface area (Å²) >= 11 is 6.55. The zero-order valence-corrected chi connectivity index (χ0v) is 15.9. The van der Waals surface area contributed by atoms with Gasteiger partial charge < -0.3 is 15.2 Å². The van der Waals surface area contributed by atoms with Crippen LogP contribution in [-0.4, -0.2) is 30.9 Å². The highest BCUT2D eigenvalue weighted by molar-refractivity contribution is 9.11. The molecular formula is C16H15Br2N3O3. The van der Waals surface area contributed by atoms with Crippen LogP contribution in [0.4, 0.5) is 5.69 Å². The molecule has 0 saturated heterocycles. The number of nitrogens with zero attached hydrogens (tertiary/aromatic N) is 1. The van der Waals surface area contributed by atoms with E-state index in [1.165, 1.54) is 6.21 Å². The van der Waals surface area contributed by atoms with E-state index in [0.29, 0.717) is 10.0 Å². The number of hydrogen-bond donors (Lipinski definition) is 3. The number of nitrogens with one attached hydrogen (secondary N) is 2. The number of ether oxygens (including phenoxy) is 1. The van der Waals surface area contributed by atoms with E-state index in [0.717, 1.165) is 15.9 Å². The van der Waals surface area contributed by atoms with Gasteiger partial charge in [-0.2, -0.15) is 5.10 Å². The average molecular weight is 457 g/mol. The van der Waals surface area contributed by atoms with Crippen molar-refractivity contribution in [2.75, 3.05) is 19.0 Å². The van der Waals surface area contributed by atoms with E-state index in [4.69, 9.17) is 4.74 Å². The van der Waals surface area contributed by atoms with Gasteiger partial charge in [0.1, 0.15) is 11.5 Å². The summed E-state index contributed by atoms with van der Waals surface area (Å²) in [6, 6.07) is 10.6. The topological polar surface area (TPSA) is 83.0 Å². The number of benzene rings is 2. The van der Waals surface area contributed by atoms with Crippen LogP contribution in [0, 0.1) is 0 Å². The highest BCUT2D eigenvalue weighted by atomic mass is 79.9. The number of methoxy groups -OCH3 is 1. The first kappa shape index (κ1) is 18.3. The molecule has 0 aliphatic rings. The van der Waals surface area contributed by atoms with Crippen molar-refractivity contribution >= 4 is 49.7 Å². The number of amides is 1. The Kier molecular flexibility index (Phi) is 6.62. The van der Waals surface area contributed by atoms with Crippen molar-refractivity contribution in [1.29, 1.82) is 0 Å². The number of halogens is 2. The summed E-state index contributed by atoms with van der Waals surface area (Å²) in [6.45, 7) is 0.0673. The monoisotopic (exact) mass is 455 g/mol. The van der Waals surface area contributed by atoms with Gasteiger partial charge in [-0.3, -0.25) is 4.79 Å². The van der Waals surface area contributed by atoms with Crippen LogP contribution in [0.15, 0.2) is 50.4 Å². The molecule has 2 rings (SSSR count). The lowest BCUT2D eigenvalue weighted by Gasteiger charge is -2.06. The normalized spacial score (nSPS) is 10.6. The van der Waals surface area contributed by atoms with Crippen molar-refractivity contribution in [3.63, 3.8) is 0 Å². The Balaban J connectivity index is 1.86. The van der Waals surface area contributed by atoms with Gasteiger partial charge in [0, 0.05) is 15.7 Å². The minimum Gasteiger partial charge on any atom is -0.506 e. The summed E-state index contributed by atoms with van der Waals surface area (Å²) in [4.78, 5) is 11.8. The number of carbonyl (C=O) groups is 1. The minimum absolute atomic E-state index is 0.0487. The highest BCUT2D eigenvalue weighted by Gasteiger charge is 2.05. The van der Waals surface area contributed by atoms with Crippen LogP contribution in [0.5, 0.6) is 11.5 Å². The van der Waals surface area contributed by atoms with Crippen LogP contribution >= 0.6 is 31.9 Å². The SMILES string of the molecule is COc1ccc(NCC(=O)N/N=C/c2cc(Br)cc(Br)c2O)cc1. The van der Waals surface area contributed by atoms with Gasteiger partial charge in [0.25, 0.3) is 5.91 Å². The average Bonchev–Trinajstić information content (AvgIpc) is 2.57. The summed E-state index contributed by atoms with van der Waals surface area (Å²) in [5.41, 5.74) is 3.66. The van der Waals surface area contributed by atoms with E-state index in [-0.39, 0.29) is 18.2 Å². The number of anilines is 1. The summed E-state index contributed by atoms with van der Waals surface area (Å²) in [5, 5.41) is 16.7. The highest BCUT2D eigenvalue weighted by Crippen LogP contribution is 2.30. The predicted octanol–water partition coefficient (Wildman–Crippen LogP) is 3.49. The molecule has 0 spiro atoms. The van der Waals surface area contributed by atoms with Gasteiger partial charge in [-0.05, 0) is 52.3 Å². The second-order valence-corrected chi connectivity index (χ2v) is 6.47. The van der Waals surface area contributed by atoms with Gasteiger partial charge >= 0.3 is 0 Å². The molecule has 24 heavy (non-hydrogen) atoms. The van der Waals surface area contributed by atoms with E-state index in [9.17, 15) is 9.90 Å². The minimum atomic E-state index is -0.310. The lowest BCUT2D eigenvalue weighted by molar-refractivity contribution is -0.119. The number of carbonyl (C=O) groups excluding carboxylic acids is 1. The van der Waals surface area contributed by atoms with Crippen molar-refractivity contribution < 1.29 is 14.6 Å². The molecule has 0 atom stereocenters. The van der Waals surface area contributed by atoms with Gasteiger partial charge in [0.15, 0.2) is 0 Å². The smallest absolute Gasteiger partial charge is 0.259 e. The van der Waals surface area contributed by atoms with Gasteiger partial charge in [-0.1, -0.05) is 15.9 Å². The van der Waals surface area contributed by atoms with Crippen molar-refractivity contribution in [2.24, 2.45) is 5.10 Å². The summed E-state index contributed by atoms with van der Waals surface area (Å²) in [7, 11) is 1.59. The van der Waals surface area contributed by atoms with Gasteiger partial charge in [-0.15, -0.1) is 0 Å². The maximum atomic E-state index is 11.8. The van der Waals surface area contributed by atoms with Crippen molar-refractivity contribution in [1.82, 2.24) is 5.43 Å². The Bertz CT molecular complexity index is 749. The van der Waals surface area contributed by atoms with Crippen LogP contribution < -0.4 is 15.5 Å². The fourth-order valence-corrected chi connectivity index (χ4v) is 3.05. The molecule has 0 unspecified atom stereocenters. The van der Waals surface area contributed by atoms with Crippen LogP contribution in [-0.2, 0) is 4.79 Å². The Morgan fingerprint density at radius 3 is 2.67 bits per heavy atom. The van der Waals surface area contributed by atoms with Crippen LogP contribution in [0.3, 0.4) is 0 Å². The third-order valence-electron chi connectivity index (χ3n) is 2.99. The predicted molar refractivity (Wildman–Crippen MR) is 101 cm³/mol. The van der Waals surface area contributed by atoms with Gasteiger partial charge in [-0.25, -0.2) is 5.43 Å². The van der Waals surface area contributed by atoms with Gasteiger partial charge in [0.05, 0.1) is 24.3 Å². The third-order valence-corrected chi connectivity index (χ3v) is 4.06. The summed E-state index contributed by atoms with van der Waals surface area (Å²) in [5.74, 6) is 0.484. The van der Waals surface area contributed by atoms with E-state index in [1.54, 1.807) is 31.4 Å². The van der Waals surface area contributed by atoms with Gasteiger partial charge in [0.2, 0.25) is 0 Å². The molecule has 1 amide bonds. The van der Waals surface area contributed by atoms with Crippen LogP contribution in [0.1, 0.15) is 5.56 Å². The Labute approximate surface area is 156 Å². The van der Waals surface area contributed by atoms with Crippen molar-refractivity contribution in [3.8, 4) is 11.5 Å². The van der Waals surface area contributed by atoms with Crippen LogP contribution in [0.25, 0.3) is 0 Å². The van der Waals surface area contributed by atoms with E-state index in [1.807, 2.05) is 12.1 Å². The van der Waals surface area contributed by atoms with Crippen molar-refractivity contribution in [3.05, 3.63) is 50.9 Å². The number of rotatable bonds is 6. The first-order valence-electron chi connectivity index (χ1n) is 6.87. The number of hydrazone groups is 1. The van der Waals surface area contributed by atoms with Crippen molar-refractivity contribution in [2.45, 2.75) is 0 Å². The summed E-state index contributed by atoms with van der Waals surface area (Å²) < 4.78 is 6.38. The fraction of sp³-hybridized carbons (Fsp3) is 0.125. The second-order valence-electron chi connectivity index (χ2n) is 4.70.